The fraction of sp³-hybridized carbons (Fsp3) is 1.00. The highest BCUT2D eigenvalue weighted by Gasteiger charge is 2.32. The van der Waals surface area contributed by atoms with Gasteiger partial charge in [0.1, 0.15) is 0 Å². The summed E-state index contributed by atoms with van der Waals surface area (Å²) in [6, 6.07) is 0.696. The molecule has 4 unspecified atom stereocenters. The number of ether oxygens (including phenoxy) is 2. The van der Waals surface area contributed by atoms with Crippen molar-refractivity contribution in [2.24, 2.45) is 0 Å². The number of rotatable bonds is 3. The van der Waals surface area contributed by atoms with Crippen molar-refractivity contribution in [3.63, 3.8) is 0 Å². The minimum atomic E-state index is 0.349. The van der Waals surface area contributed by atoms with Gasteiger partial charge in [0.25, 0.3) is 0 Å². The molecule has 1 heterocycles. The van der Waals surface area contributed by atoms with Crippen LogP contribution in [0.25, 0.3) is 0 Å². The van der Waals surface area contributed by atoms with Gasteiger partial charge in [-0.15, -0.1) is 0 Å². The van der Waals surface area contributed by atoms with Gasteiger partial charge in [-0.1, -0.05) is 15.9 Å². The van der Waals surface area contributed by atoms with Crippen LogP contribution in [0.3, 0.4) is 0 Å². The minimum Gasteiger partial charge on any atom is -0.381 e. The summed E-state index contributed by atoms with van der Waals surface area (Å²) in [4.78, 5) is 2.62. The molecule has 1 aliphatic heterocycles. The average Bonchev–Trinajstić information content (AvgIpc) is 2.38. The number of methoxy groups -OCH3 is 1. The van der Waals surface area contributed by atoms with Gasteiger partial charge in [-0.3, -0.25) is 4.90 Å². The Morgan fingerprint density at radius 3 is 2.88 bits per heavy atom. The molecule has 1 saturated carbocycles. The predicted octanol–water partition coefficient (Wildman–Crippen LogP) is 2.43. The molecule has 3 nitrogen and oxygen atoms in total. The molecular weight excluding hydrogens is 282 g/mol. The van der Waals surface area contributed by atoms with Crippen LogP contribution in [0, 0.1) is 0 Å². The van der Waals surface area contributed by atoms with Crippen molar-refractivity contribution in [1.29, 1.82) is 0 Å². The third kappa shape index (κ3) is 3.66. The summed E-state index contributed by atoms with van der Waals surface area (Å²) in [6.45, 7) is 4.32. The quantitative estimate of drug-likeness (QED) is 0.748. The van der Waals surface area contributed by atoms with Crippen LogP contribution >= 0.6 is 15.9 Å². The fourth-order valence-corrected chi connectivity index (χ4v) is 3.49. The van der Waals surface area contributed by atoms with Crippen molar-refractivity contribution in [3.05, 3.63) is 0 Å². The highest BCUT2D eigenvalue weighted by molar-refractivity contribution is 9.09. The van der Waals surface area contributed by atoms with Crippen molar-refractivity contribution in [3.8, 4) is 0 Å². The molecule has 4 atom stereocenters. The highest BCUT2D eigenvalue weighted by atomic mass is 79.9. The van der Waals surface area contributed by atoms with Crippen molar-refractivity contribution in [2.75, 3.05) is 25.5 Å². The van der Waals surface area contributed by atoms with Gasteiger partial charge in [0.2, 0.25) is 0 Å². The van der Waals surface area contributed by atoms with E-state index in [9.17, 15) is 0 Å². The molecule has 0 aromatic carbocycles. The van der Waals surface area contributed by atoms with Crippen LogP contribution in [-0.4, -0.2) is 54.8 Å². The molecule has 0 amide bonds. The molecule has 0 radical (unpaired) electrons. The van der Waals surface area contributed by atoms with E-state index in [1.165, 1.54) is 25.7 Å². The molecular formula is C13H24BrNO2. The lowest BCUT2D eigenvalue weighted by molar-refractivity contribution is -0.0892. The Labute approximate surface area is 113 Å². The number of nitrogens with zero attached hydrogens (tertiary/aromatic N) is 1. The van der Waals surface area contributed by atoms with Crippen LogP contribution in [0.1, 0.15) is 32.6 Å². The molecule has 1 saturated heterocycles. The van der Waals surface area contributed by atoms with Crippen molar-refractivity contribution in [2.45, 2.75) is 57.0 Å². The number of hydrogen-bond donors (Lipinski definition) is 0. The Bertz CT molecular complexity index is 239. The Morgan fingerprint density at radius 2 is 2.18 bits per heavy atom. The van der Waals surface area contributed by atoms with E-state index in [2.05, 4.69) is 27.8 Å². The van der Waals surface area contributed by atoms with Crippen LogP contribution in [0.5, 0.6) is 0 Å². The standard InChI is InChI=1S/C13H24BrNO2/c1-10-8-15(9-13(7-14)17-10)11-4-3-5-12(6-11)16-2/h10-13H,3-9H2,1-2H3. The Balaban J connectivity index is 1.91. The van der Waals surface area contributed by atoms with Crippen molar-refractivity contribution >= 4 is 15.9 Å². The number of halogens is 1. The lowest BCUT2D eigenvalue weighted by Crippen LogP contribution is -2.53. The second-order valence-electron chi connectivity index (χ2n) is 5.36. The SMILES string of the molecule is COC1CCCC(N2CC(C)OC(CBr)C2)C1. The fourth-order valence-electron chi connectivity index (χ4n) is 3.13. The molecule has 2 rings (SSSR count). The van der Waals surface area contributed by atoms with E-state index in [-0.39, 0.29) is 0 Å². The van der Waals surface area contributed by atoms with Gasteiger partial charge in [0.05, 0.1) is 18.3 Å². The Hall–Kier alpha value is 0.360. The molecule has 2 fully saturated rings. The summed E-state index contributed by atoms with van der Waals surface area (Å²) in [5.74, 6) is 0. The monoisotopic (exact) mass is 305 g/mol. The molecule has 0 spiro atoms. The van der Waals surface area contributed by atoms with Crippen LogP contribution in [0.4, 0.5) is 0 Å². The van der Waals surface area contributed by atoms with Gasteiger partial charge in [-0.2, -0.15) is 0 Å². The summed E-state index contributed by atoms with van der Waals surface area (Å²) in [5, 5.41) is 0.939. The van der Waals surface area contributed by atoms with Gasteiger partial charge in [-0.25, -0.2) is 0 Å². The Kier molecular flexibility index (Phi) is 5.27. The molecule has 100 valence electrons. The maximum Gasteiger partial charge on any atom is 0.0802 e. The van der Waals surface area contributed by atoms with Gasteiger partial charge >= 0.3 is 0 Å². The lowest BCUT2D eigenvalue weighted by Gasteiger charge is -2.43. The van der Waals surface area contributed by atoms with E-state index >= 15 is 0 Å². The maximum atomic E-state index is 5.89. The zero-order valence-corrected chi connectivity index (χ0v) is 12.5. The summed E-state index contributed by atoms with van der Waals surface area (Å²) in [6.07, 6.45) is 6.22. The first kappa shape index (κ1) is 13.8. The van der Waals surface area contributed by atoms with E-state index in [4.69, 9.17) is 9.47 Å². The second-order valence-corrected chi connectivity index (χ2v) is 6.00. The van der Waals surface area contributed by atoms with Gasteiger partial charge < -0.3 is 9.47 Å². The second kappa shape index (κ2) is 6.50. The van der Waals surface area contributed by atoms with Crippen LogP contribution < -0.4 is 0 Å². The van der Waals surface area contributed by atoms with E-state index < -0.39 is 0 Å². The topological polar surface area (TPSA) is 21.7 Å². The predicted molar refractivity (Wildman–Crippen MR) is 72.8 cm³/mol. The van der Waals surface area contributed by atoms with Gasteiger partial charge in [0, 0.05) is 31.6 Å². The van der Waals surface area contributed by atoms with E-state index in [0.717, 1.165) is 18.4 Å². The van der Waals surface area contributed by atoms with Crippen molar-refractivity contribution in [1.82, 2.24) is 4.90 Å². The minimum absolute atomic E-state index is 0.349. The zero-order valence-electron chi connectivity index (χ0n) is 10.9. The molecule has 1 aliphatic carbocycles. The van der Waals surface area contributed by atoms with Crippen LogP contribution in [0.2, 0.25) is 0 Å². The van der Waals surface area contributed by atoms with Gasteiger partial charge in [0.15, 0.2) is 0 Å². The number of morpholine rings is 1. The molecule has 2 aliphatic rings. The summed E-state index contributed by atoms with van der Waals surface area (Å²) >= 11 is 3.54. The first-order valence-electron chi connectivity index (χ1n) is 6.71. The van der Waals surface area contributed by atoms with E-state index in [1.54, 1.807) is 0 Å². The Morgan fingerprint density at radius 1 is 1.35 bits per heavy atom. The molecule has 17 heavy (non-hydrogen) atoms. The molecule has 4 heteroatoms. The first-order chi connectivity index (χ1) is 8.22. The first-order valence-corrected chi connectivity index (χ1v) is 7.83. The largest absolute Gasteiger partial charge is 0.381 e. The third-order valence-corrected chi connectivity index (χ3v) is 4.70. The van der Waals surface area contributed by atoms with E-state index in [1.807, 2.05) is 7.11 Å². The zero-order chi connectivity index (χ0) is 12.3. The molecule has 0 aromatic rings. The van der Waals surface area contributed by atoms with Crippen LogP contribution in [0.15, 0.2) is 0 Å². The summed E-state index contributed by atoms with van der Waals surface area (Å²) in [7, 11) is 1.84. The molecule has 0 bridgehead atoms. The van der Waals surface area contributed by atoms with Crippen molar-refractivity contribution < 1.29 is 9.47 Å². The molecule has 0 aromatic heterocycles. The smallest absolute Gasteiger partial charge is 0.0802 e. The third-order valence-electron chi connectivity index (χ3n) is 3.97. The maximum absolute atomic E-state index is 5.89. The highest BCUT2D eigenvalue weighted by Crippen LogP contribution is 2.27. The molecule has 0 N–H and O–H groups in total. The normalized spacial score (nSPS) is 40.4. The number of alkyl halides is 1. The summed E-state index contributed by atoms with van der Waals surface area (Å²) < 4.78 is 11.4. The van der Waals surface area contributed by atoms with Gasteiger partial charge in [-0.05, 0) is 32.6 Å². The average molecular weight is 306 g/mol. The van der Waals surface area contributed by atoms with Crippen LogP contribution in [-0.2, 0) is 9.47 Å². The summed E-state index contributed by atoms with van der Waals surface area (Å²) in [5.41, 5.74) is 0. The number of hydrogen-bond acceptors (Lipinski definition) is 3. The van der Waals surface area contributed by atoms with E-state index in [0.29, 0.717) is 24.4 Å². The lowest BCUT2D eigenvalue weighted by atomic mass is 9.91.